The molecule has 1 N–H and O–H groups in total. The molecule has 3 heteroatoms. The van der Waals surface area contributed by atoms with E-state index in [1.54, 1.807) is 26.1 Å². The molecule has 0 aliphatic heterocycles. The van der Waals surface area contributed by atoms with Gasteiger partial charge in [-0.3, -0.25) is 0 Å². The van der Waals surface area contributed by atoms with Crippen molar-refractivity contribution in [3.05, 3.63) is 28.5 Å². The Balaban J connectivity index is 3.19. The highest BCUT2D eigenvalue weighted by Crippen LogP contribution is 2.23. The van der Waals surface area contributed by atoms with Gasteiger partial charge in [-0.15, -0.1) is 0 Å². The number of aryl methyl sites for hydroxylation is 1. The highest BCUT2D eigenvalue weighted by molar-refractivity contribution is 6.29. The lowest BCUT2D eigenvalue weighted by atomic mass is 9.96. The zero-order valence-electron chi connectivity index (χ0n) is 7.43. The molecule has 0 radical (unpaired) electrons. The van der Waals surface area contributed by atoms with Crippen LogP contribution in [-0.2, 0) is 5.60 Å². The van der Waals surface area contributed by atoms with E-state index in [9.17, 15) is 5.11 Å². The van der Waals surface area contributed by atoms with E-state index in [1.165, 1.54) is 0 Å². The van der Waals surface area contributed by atoms with Crippen LogP contribution >= 0.6 is 11.6 Å². The highest BCUT2D eigenvalue weighted by atomic mass is 35.5. The normalized spacial score (nSPS) is 11.8. The van der Waals surface area contributed by atoms with Gasteiger partial charge in [0.15, 0.2) is 0 Å². The van der Waals surface area contributed by atoms with Gasteiger partial charge < -0.3 is 5.11 Å². The van der Waals surface area contributed by atoms with Crippen molar-refractivity contribution in [3.63, 3.8) is 0 Å². The van der Waals surface area contributed by atoms with Gasteiger partial charge in [0.1, 0.15) is 5.15 Å². The second-order valence-corrected chi connectivity index (χ2v) is 3.77. The van der Waals surface area contributed by atoms with Crippen LogP contribution in [-0.4, -0.2) is 10.1 Å². The second kappa shape index (κ2) is 3.04. The summed E-state index contributed by atoms with van der Waals surface area (Å²) in [6.45, 7) is 5.36. The van der Waals surface area contributed by atoms with Crippen molar-refractivity contribution in [1.82, 2.24) is 4.98 Å². The van der Waals surface area contributed by atoms with Crippen LogP contribution in [0.2, 0.25) is 5.15 Å². The van der Waals surface area contributed by atoms with Crippen molar-refractivity contribution in [1.29, 1.82) is 0 Å². The third-order valence-corrected chi connectivity index (χ3v) is 1.94. The lowest BCUT2D eigenvalue weighted by Crippen LogP contribution is -2.17. The van der Waals surface area contributed by atoms with Crippen LogP contribution in [0.15, 0.2) is 12.3 Å². The molecular weight excluding hydrogens is 174 g/mol. The number of aromatic nitrogens is 1. The summed E-state index contributed by atoms with van der Waals surface area (Å²) in [4.78, 5) is 3.91. The molecule has 0 bridgehead atoms. The molecule has 0 fully saturated rings. The van der Waals surface area contributed by atoms with Crippen molar-refractivity contribution in [2.75, 3.05) is 0 Å². The van der Waals surface area contributed by atoms with Gasteiger partial charge in [-0.2, -0.15) is 0 Å². The molecule has 1 aromatic rings. The van der Waals surface area contributed by atoms with Gasteiger partial charge in [0.2, 0.25) is 0 Å². The molecule has 0 saturated heterocycles. The van der Waals surface area contributed by atoms with Crippen molar-refractivity contribution in [2.45, 2.75) is 26.4 Å². The summed E-state index contributed by atoms with van der Waals surface area (Å²) in [6, 6.07) is 1.74. The largest absolute Gasteiger partial charge is 0.386 e. The number of halogens is 1. The predicted octanol–water partition coefficient (Wildman–Crippen LogP) is 2.27. The monoisotopic (exact) mass is 185 g/mol. The summed E-state index contributed by atoms with van der Waals surface area (Å²) in [7, 11) is 0. The fourth-order valence-electron chi connectivity index (χ4n) is 1.16. The van der Waals surface area contributed by atoms with E-state index in [0.29, 0.717) is 5.15 Å². The standard InChI is InChI=1S/C9H12ClNO/c1-6-4-8(10)11-5-7(6)9(2,3)12/h4-5,12H,1-3H3. The third-order valence-electron chi connectivity index (χ3n) is 1.74. The first-order valence-corrected chi connectivity index (χ1v) is 4.14. The number of pyridine rings is 1. The maximum absolute atomic E-state index is 9.68. The molecule has 0 amide bonds. The molecular formula is C9H12ClNO. The minimum Gasteiger partial charge on any atom is -0.386 e. The van der Waals surface area contributed by atoms with Crippen LogP contribution < -0.4 is 0 Å². The summed E-state index contributed by atoms with van der Waals surface area (Å²) in [6.07, 6.45) is 1.61. The fourth-order valence-corrected chi connectivity index (χ4v) is 1.37. The third kappa shape index (κ3) is 1.96. The van der Waals surface area contributed by atoms with E-state index >= 15 is 0 Å². The SMILES string of the molecule is Cc1cc(Cl)ncc1C(C)(C)O. The maximum Gasteiger partial charge on any atom is 0.129 e. The Morgan fingerprint density at radius 1 is 1.50 bits per heavy atom. The number of aliphatic hydroxyl groups is 1. The van der Waals surface area contributed by atoms with Crippen molar-refractivity contribution >= 4 is 11.6 Å². The molecule has 0 saturated carbocycles. The average Bonchev–Trinajstić information content (AvgIpc) is 1.83. The Kier molecular flexibility index (Phi) is 2.40. The number of nitrogens with zero attached hydrogens (tertiary/aromatic N) is 1. The predicted molar refractivity (Wildman–Crippen MR) is 49.2 cm³/mol. The van der Waals surface area contributed by atoms with Crippen LogP contribution in [0.1, 0.15) is 25.0 Å². The molecule has 0 spiro atoms. The molecule has 12 heavy (non-hydrogen) atoms. The van der Waals surface area contributed by atoms with E-state index in [0.717, 1.165) is 11.1 Å². The maximum atomic E-state index is 9.68. The van der Waals surface area contributed by atoms with E-state index < -0.39 is 5.60 Å². The summed E-state index contributed by atoms with van der Waals surface area (Å²) in [5.74, 6) is 0. The molecule has 1 aromatic heterocycles. The Bertz CT molecular complexity index is 291. The Hall–Kier alpha value is -0.600. The van der Waals surface area contributed by atoms with Crippen LogP contribution in [0.3, 0.4) is 0 Å². The molecule has 0 aromatic carbocycles. The minimum atomic E-state index is -0.846. The molecule has 1 heterocycles. The van der Waals surface area contributed by atoms with Gasteiger partial charge in [-0.25, -0.2) is 4.98 Å². The van der Waals surface area contributed by atoms with Crippen LogP contribution in [0.25, 0.3) is 0 Å². The van der Waals surface area contributed by atoms with E-state index in [1.807, 2.05) is 6.92 Å². The van der Waals surface area contributed by atoms with Crippen LogP contribution in [0.4, 0.5) is 0 Å². The van der Waals surface area contributed by atoms with Gasteiger partial charge in [0.05, 0.1) is 5.60 Å². The molecule has 1 rings (SSSR count). The second-order valence-electron chi connectivity index (χ2n) is 3.38. The van der Waals surface area contributed by atoms with Gasteiger partial charge in [0, 0.05) is 11.8 Å². The van der Waals surface area contributed by atoms with Gasteiger partial charge in [-0.05, 0) is 32.4 Å². The van der Waals surface area contributed by atoms with Crippen LogP contribution in [0.5, 0.6) is 0 Å². The van der Waals surface area contributed by atoms with E-state index in [4.69, 9.17) is 11.6 Å². The molecule has 2 nitrogen and oxygen atoms in total. The number of hydrogen-bond donors (Lipinski definition) is 1. The van der Waals surface area contributed by atoms with E-state index in [2.05, 4.69) is 4.98 Å². The zero-order valence-corrected chi connectivity index (χ0v) is 8.18. The Labute approximate surface area is 77.2 Å². The first kappa shape index (κ1) is 9.49. The average molecular weight is 186 g/mol. The Morgan fingerprint density at radius 3 is 2.50 bits per heavy atom. The van der Waals surface area contributed by atoms with Gasteiger partial charge >= 0.3 is 0 Å². The minimum absolute atomic E-state index is 0.459. The quantitative estimate of drug-likeness (QED) is 0.681. The van der Waals surface area contributed by atoms with Gasteiger partial charge in [-0.1, -0.05) is 11.6 Å². The van der Waals surface area contributed by atoms with Crippen LogP contribution in [0, 0.1) is 6.92 Å². The summed E-state index contributed by atoms with van der Waals surface area (Å²) >= 11 is 5.67. The lowest BCUT2D eigenvalue weighted by molar-refractivity contribution is 0.0775. The Morgan fingerprint density at radius 2 is 2.08 bits per heavy atom. The fraction of sp³-hybridized carbons (Fsp3) is 0.444. The van der Waals surface area contributed by atoms with Gasteiger partial charge in [0.25, 0.3) is 0 Å². The first-order valence-electron chi connectivity index (χ1n) is 3.76. The summed E-state index contributed by atoms with van der Waals surface area (Å²) in [5.41, 5.74) is 0.927. The molecule has 0 unspecified atom stereocenters. The molecule has 0 aliphatic carbocycles. The number of hydrogen-bond acceptors (Lipinski definition) is 2. The summed E-state index contributed by atoms with van der Waals surface area (Å²) in [5, 5.41) is 10.1. The van der Waals surface area contributed by atoms with Crippen molar-refractivity contribution in [3.8, 4) is 0 Å². The van der Waals surface area contributed by atoms with Crippen molar-refractivity contribution in [2.24, 2.45) is 0 Å². The zero-order chi connectivity index (χ0) is 9.35. The summed E-state index contributed by atoms with van der Waals surface area (Å²) < 4.78 is 0. The molecule has 66 valence electrons. The smallest absolute Gasteiger partial charge is 0.129 e. The lowest BCUT2D eigenvalue weighted by Gasteiger charge is -2.19. The van der Waals surface area contributed by atoms with E-state index in [-0.39, 0.29) is 0 Å². The topological polar surface area (TPSA) is 33.1 Å². The van der Waals surface area contributed by atoms with Crippen molar-refractivity contribution < 1.29 is 5.11 Å². The highest BCUT2D eigenvalue weighted by Gasteiger charge is 2.18. The first-order chi connectivity index (χ1) is 5.41. The molecule has 0 atom stereocenters. The number of rotatable bonds is 1. The molecule has 0 aliphatic rings.